The molecule has 5 aromatic rings. The van der Waals surface area contributed by atoms with Crippen molar-refractivity contribution in [1.29, 1.82) is 0 Å². The number of rotatable bonds is 10. The van der Waals surface area contributed by atoms with Crippen LogP contribution < -0.4 is 9.47 Å². The summed E-state index contributed by atoms with van der Waals surface area (Å²) in [6.45, 7) is 3.01. The molecule has 2 heterocycles. The van der Waals surface area contributed by atoms with Crippen molar-refractivity contribution in [2.75, 3.05) is 0 Å². The van der Waals surface area contributed by atoms with Gasteiger partial charge in [-0.3, -0.25) is 29.8 Å². The number of benzene rings is 3. The molecule has 0 bridgehead atoms. The predicted molar refractivity (Wildman–Crippen MR) is 175 cm³/mol. The number of aromatic nitrogens is 4. The molecule has 0 atom stereocenters. The van der Waals surface area contributed by atoms with Crippen LogP contribution in [0.15, 0.2) is 60.7 Å². The molecular weight excluding hydrogens is 699 g/mol. The SMILES string of the molecule is Cc1nn(C)c(OC(=O)c2ccc(C(=O)Oc3c(C(=O)c4ccc([N+](=O)[O-])cc4Cl)c(C)nn3C)cc2)c1C(=O)c1ccc([N+](=O)[O-])cc1Cl. The van der Waals surface area contributed by atoms with Gasteiger partial charge in [0.2, 0.25) is 23.3 Å². The standard InChI is InChI=1S/C32H22Cl2N6O10/c1-15-25(27(41)21-11-9-19(39(45)46)13-23(21)33)29(37(3)35-15)49-31(43)17-5-7-18(8-6-17)32(44)50-30-26(16(2)36-38(30)4)28(42)22-12-10-20(40(47)48)14-24(22)34/h5-14H,1-4H3. The third kappa shape index (κ3) is 6.69. The van der Waals surface area contributed by atoms with E-state index in [0.717, 1.165) is 24.3 Å². The fraction of sp³-hybridized carbons (Fsp3) is 0.125. The monoisotopic (exact) mass is 720 g/mol. The van der Waals surface area contributed by atoms with Crippen molar-refractivity contribution >= 4 is 58.1 Å². The number of hydrogen-bond acceptors (Lipinski definition) is 12. The van der Waals surface area contributed by atoms with E-state index in [-0.39, 0.29) is 77.9 Å². The summed E-state index contributed by atoms with van der Waals surface area (Å²) in [5, 5.41) is 30.1. The first-order valence-corrected chi connectivity index (χ1v) is 14.9. The molecule has 0 radical (unpaired) electrons. The van der Waals surface area contributed by atoms with E-state index in [2.05, 4.69) is 10.2 Å². The molecular formula is C32H22Cl2N6O10. The van der Waals surface area contributed by atoms with Gasteiger partial charge in [0.25, 0.3) is 11.4 Å². The Morgan fingerprint density at radius 1 is 0.640 bits per heavy atom. The van der Waals surface area contributed by atoms with Crippen molar-refractivity contribution in [3.8, 4) is 11.8 Å². The molecule has 0 spiro atoms. The molecule has 0 unspecified atom stereocenters. The number of nitrogens with zero attached hydrogens (tertiary/aromatic N) is 6. The molecule has 0 aliphatic carbocycles. The molecule has 0 N–H and O–H groups in total. The van der Waals surface area contributed by atoms with Crippen molar-refractivity contribution in [3.05, 3.63) is 136 Å². The molecule has 0 saturated carbocycles. The average molecular weight is 721 g/mol. The largest absolute Gasteiger partial charge is 0.403 e. The van der Waals surface area contributed by atoms with Crippen molar-refractivity contribution in [1.82, 2.24) is 19.6 Å². The van der Waals surface area contributed by atoms with Crippen LogP contribution in [0.2, 0.25) is 10.0 Å². The third-order valence-corrected chi connectivity index (χ3v) is 7.97. The van der Waals surface area contributed by atoms with Crippen LogP contribution >= 0.6 is 23.2 Å². The maximum absolute atomic E-state index is 13.4. The number of esters is 2. The van der Waals surface area contributed by atoms with Crippen LogP contribution in [0.3, 0.4) is 0 Å². The molecule has 18 heteroatoms. The number of ether oxygens (including phenoxy) is 2. The summed E-state index contributed by atoms with van der Waals surface area (Å²) in [4.78, 5) is 73.9. The third-order valence-electron chi connectivity index (χ3n) is 7.34. The zero-order chi connectivity index (χ0) is 36.6. The van der Waals surface area contributed by atoms with E-state index in [1.165, 1.54) is 73.7 Å². The van der Waals surface area contributed by atoms with Gasteiger partial charge >= 0.3 is 11.9 Å². The Kier molecular flexibility index (Phi) is 9.60. The van der Waals surface area contributed by atoms with Gasteiger partial charge in [-0.05, 0) is 50.2 Å². The summed E-state index contributed by atoms with van der Waals surface area (Å²) in [5.41, 5.74) is -0.601. The molecule has 0 amide bonds. The zero-order valence-corrected chi connectivity index (χ0v) is 27.8. The number of nitro benzene ring substituents is 2. The smallest absolute Gasteiger partial charge is 0.344 e. The summed E-state index contributed by atoms with van der Waals surface area (Å²) in [5.74, 6) is -3.62. The van der Waals surface area contributed by atoms with Crippen LogP contribution in [0.5, 0.6) is 11.8 Å². The molecule has 0 fully saturated rings. The highest BCUT2D eigenvalue weighted by molar-refractivity contribution is 6.36. The van der Waals surface area contributed by atoms with Crippen molar-refractivity contribution in [3.63, 3.8) is 0 Å². The molecule has 0 aliphatic rings. The van der Waals surface area contributed by atoms with Crippen LogP contribution in [-0.2, 0) is 14.1 Å². The van der Waals surface area contributed by atoms with Crippen LogP contribution in [0.1, 0.15) is 63.9 Å². The van der Waals surface area contributed by atoms with Gasteiger partial charge in [-0.15, -0.1) is 0 Å². The van der Waals surface area contributed by atoms with E-state index in [1.807, 2.05) is 0 Å². The summed E-state index contributed by atoms with van der Waals surface area (Å²) in [6.07, 6.45) is 0. The molecule has 50 heavy (non-hydrogen) atoms. The Balaban J connectivity index is 1.35. The number of aryl methyl sites for hydroxylation is 4. The van der Waals surface area contributed by atoms with Gasteiger partial charge in [-0.25, -0.2) is 19.0 Å². The van der Waals surface area contributed by atoms with Gasteiger partial charge in [0.15, 0.2) is 0 Å². The fourth-order valence-corrected chi connectivity index (χ4v) is 5.46. The molecule has 0 saturated heterocycles. The average Bonchev–Trinajstić information content (AvgIpc) is 3.51. The minimum atomic E-state index is -0.910. The minimum absolute atomic E-state index is 0.0211. The Hall–Kier alpha value is -6.26. The molecule has 5 rings (SSSR count). The zero-order valence-electron chi connectivity index (χ0n) is 26.3. The quantitative estimate of drug-likeness (QED) is 0.0726. The van der Waals surface area contributed by atoms with Crippen molar-refractivity contribution in [2.24, 2.45) is 14.1 Å². The lowest BCUT2D eigenvalue weighted by molar-refractivity contribution is -0.385. The van der Waals surface area contributed by atoms with Crippen molar-refractivity contribution < 1.29 is 38.5 Å². The van der Waals surface area contributed by atoms with E-state index in [4.69, 9.17) is 32.7 Å². The maximum atomic E-state index is 13.4. The highest BCUT2D eigenvalue weighted by Crippen LogP contribution is 2.32. The first-order chi connectivity index (χ1) is 23.6. The normalized spacial score (nSPS) is 10.8. The number of carbonyl (C=O) groups is 4. The number of hydrogen-bond donors (Lipinski definition) is 0. The first kappa shape index (κ1) is 35.1. The lowest BCUT2D eigenvalue weighted by Crippen LogP contribution is -2.16. The maximum Gasteiger partial charge on any atom is 0.344 e. The number of carbonyl (C=O) groups excluding carboxylic acids is 4. The van der Waals surface area contributed by atoms with Gasteiger partial charge in [-0.2, -0.15) is 10.2 Å². The van der Waals surface area contributed by atoms with E-state index in [0.29, 0.717) is 0 Å². The fourth-order valence-electron chi connectivity index (χ4n) is 4.94. The second-order valence-electron chi connectivity index (χ2n) is 10.6. The van der Waals surface area contributed by atoms with Crippen LogP contribution in [-0.4, -0.2) is 52.9 Å². The second kappa shape index (κ2) is 13.7. The molecule has 2 aromatic heterocycles. The second-order valence-corrected chi connectivity index (χ2v) is 11.4. The predicted octanol–water partition coefficient (Wildman–Crippen LogP) is 5.79. The van der Waals surface area contributed by atoms with Gasteiger partial charge < -0.3 is 9.47 Å². The van der Waals surface area contributed by atoms with E-state index >= 15 is 0 Å². The summed E-state index contributed by atoms with van der Waals surface area (Å²) in [7, 11) is 2.88. The Labute approximate surface area is 291 Å². The Bertz CT molecular complexity index is 2120. The van der Waals surface area contributed by atoms with Crippen LogP contribution in [0.4, 0.5) is 11.4 Å². The minimum Gasteiger partial charge on any atom is -0.403 e. The number of nitro groups is 2. The van der Waals surface area contributed by atoms with Gasteiger partial charge in [0.1, 0.15) is 11.1 Å². The lowest BCUT2D eigenvalue weighted by atomic mass is 10.0. The highest BCUT2D eigenvalue weighted by atomic mass is 35.5. The molecule has 3 aromatic carbocycles. The number of halogens is 2. The van der Waals surface area contributed by atoms with Crippen molar-refractivity contribution in [2.45, 2.75) is 13.8 Å². The topological polar surface area (TPSA) is 209 Å². The molecule has 16 nitrogen and oxygen atoms in total. The molecule has 0 aliphatic heterocycles. The van der Waals surface area contributed by atoms with E-state index in [1.54, 1.807) is 0 Å². The van der Waals surface area contributed by atoms with Gasteiger partial charge in [0, 0.05) is 49.5 Å². The lowest BCUT2D eigenvalue weighted by Gasteiger charge is -2.10. The first-order valence-electron chi connectivity index (χ1n) is 14.2. The van der Waals surface area contributed by atoms with Gasteiger partial charge in [0.05, 0.1) is 42.4 Å². The van der Waals surface area contributed by atoms with E-state index in [9.17, 15) is 39.4 Å². The number of non-ortho nitro benzene ring substituents is 2. The highest BCUT2D eigenvalue weighted by Gasteiger charge is 2.29. The van der Waals surface area contributed by atoms with Gasteiger partial charge in [-0.1, -0.05) is 23.2 Å². The Morgan fingerprint density at radius 3 is 1.28 bits per heavy atom. The summed E-state index contributed by atoms with van der Waals surface area (Å²) >= 11 is 12.3. The molecule has 254 valence electrons. The summed E-state index contributed by atoms with van der Waals surface area (Å²) in [6, 6.07) is 11.8. The number of ketones is 2. The Morgan fingerprint density at radius 2 is 0.980 bits per heavy atom. The summed E-state index contributed by atoms with van der Waals surface area (Å²) < 4.78 is 13.4. The van der Waals surface area contributed by atoms with Crippen LogP contribution in [0, 0.1) is 34.1 Å². The van der Waals surface area contributed by atoms with E-state index < -0.39 is 33.4 Å². The van der Waals surface area contributed by atoms with Crippen LogP contribution in [0.25, 0.3) is 0 Å².